The van der Waals surface area contributed by atoms with Gasteiger partial charge in [-0.15, -0.1) is 0 Å². The monoisotopic (exact) mass is 208 g/mol. The van der Waals surface area contributed by atoms with Gasteiger partial charge in [-0.25, -0.2) is 4.98 Å². The average Bonchev–Trinajstić information content (AvgIpc) is 2.16. The van der Waals surface area contributed by atoms with Crippen LogP contribution >= 0.6 is 0 Å². The fraction of sp³-hybridized carbons (Fsp3) is 0.583. The molecule has 3 heteroatoms. The van der Waals surface area contributed by atoms with Gasteiger partial charge in [0.15, 0.2) is 0 Å². The highest BCUT2D eigenvalue weighted by molar-refractivity contribution is 5.45. The largest absolute Gasteiger partial charge is 0.371 e. The van der Waals surface area contributed by atoms with E-state index in [-0.39, 0.29) is 0 Å². The predicted octanol–water partition coefficient (Wildman–Crippen LogP) is 2.70. The molecule has 0 amide bonds. The zero-order chi connectivity index (χ0) is 10.8. The number of halogens is 1. The van der Waals surface area contributed by atoms with Crippen LogP contribution in [0.5, 0.6) is 0 Å². The molecule has 1 aliphatic rings. The fourth-order valence-corrected chi connectivity index (χ4v) is 2.46. The first kappa shape index (κ1) is 10.4. The van der Waals surface area contributed by atoms with Crippen molar-refractivity contribution in [2.24, 2.45) is 11.8 Å². The molecule has 1 aromatic heterocycles. The van der Waals surface area contributed by atoms with Crippen molar-refractivity contribution in [3.8, 4) is 0 Å². The molecule has 2 atom stereocenters. The minimum absolute atomic E-state index is 0.390. The Kier molecular flexibility index (Phi) is 2.89. The number of nitrogens with zero attached hydrogens (tertiary/aromatic N) is 2. The highest BCUT2D eigenvalue weighted by Gasteiger charge is 2.22. The maximum absolute atomic E-state index is 13.0. The maximum atomic E-state index is 13.0. The van der Waals surface area contributed by atoms with Gasteiger partial charge in [0.2, 0.25) is 5.95 Å². The third kappa shape index (κ3) is 2.46. The van der Waals surface area contributed by atoms with E-state index in [1.807, 2.05) is 6.07 Å². The SMILES string of the molecule is C[C@H]1C[C@H](C)CN(c2ccnc(F)c2)C1. The number of anilines is 1. The number of hydrogen-bond acceptors (Lipinski definition) is 2. The molecule has 0 bridgehead atoms. The van der Waals surface area contributed by atoms with Crippen molar-refractivity contribution in [2.75, 3.05) is 18.0 Å². The van der Waals surface area contributed by atoms with Crippen molar-refractivity contribution in [1.29, 1.82) is 0 Å². The molecule has 2 nitrogen and oxygen atoms in total. The zero-order valence-corrected chi connectivity index (χ0v) is 9.28. The van der Waals surface area contributed by atoms with E-state index >= 15 is 0 Å². The summed E-state index contributed by atoms with van der Waals surface area (Å²) in [6, 6.07) is 3.40. The van der Waals surface area contributed by atoms with Crippen molar-refractivity contribution in [3.05, 3.63) is 24.3 Å². The van der Waals surface area contributed by atoms with Gasteiger partial charge < -0.3 is 4.90 Å². The molecule has 0 aromatic carbocycles. The standard InChI is InChI=1S/C12H17FN2/c1-9-5-10(2)8-15(7-9)11-3-4-14-12(13)6-11/h3-4,6,9-10H,5,7-8H2,1-2H3/t9-,10-/m0/s1. The van der Waals surface area contributed by atoms with Gasteiger partial charge in [0, 0.05) is 31.0 Å². The Morgan fingerprint density at radius 1 is 1.33 bits per heavy atom. The van der Waals surface area contributed by atoms with Gasteiger partial charge in [-0.1, -0.05) is 13.8 Å². The van der Waals surface area contributed by atoms with Gasteiger partial charge in [-0.05, 0) is 24.3 Å². The topological polar surface area (TPSA) is 16.1 Å². The Labute approximate surface area is 90.1 Å². The van der Waals surface area contributed by atoms with E-state index in [0.717, 1.165) is 18.8 Å². The van der Waals surface area contributed by atoms with Gasteiger partial charge in [0.05, 0.1) is 0 Å². The maximum Gasteiger partial charge on any atom is 0.214 e. The summed E-state index contributed by atoms with van der Waals surface area (Å²) in [6.45, 7) is 6.54. The van der Waals surface area contributed by atoms with Crippen LogP contribution in [0.25, 0.3) is 0 Å². The molecule has 0 aliphatic carbocycles. The summed E-state index contributed by atoms with van der Waals surface area (Å²) in [6.07, 6.45) is 2.80. The van der Waals surface area contributed by atoms with E-state index in [0.29, 0.717) is 11.8 Å². The third-order valence-corrected chi connectivity index (χ3v) is 2.94. The van der Waals surface area contributed by atoms with E-state index < -0.39 is 5.95 Å². The normalized spacial score (nSPS) is 26.7. The van der Waals surface area contributed by atoms with E-state index in [1.165, 1.54) is 18.7 Å². The molecule has 1 saturated heterocycles. The van der Waals surface area contributed by atoms with Crippen LogP contribution in [0.15, 0.2) is 18.3 Å². The molecule has 0 saturated carbocycles. The van der Waals surface area contributed by atoms with E-state index in [4.69, 9.17) is 0 Å². The molecule has 2 rings (SSSR count). The molecule has 0 unspecified atom stereocenters. The fourth-order valence-electron chi connectivity index (χ4n) is 2.46. The Hall–Kier alpha value is -1.12. The van der Waals surface area contributed by atoms with Crippen LogP contribution in [0.2, 0.25) is 0 Å². The van der Waals surface area contributed by atoms with Crippen molar-refractivity contribution in [2.45, 2.75) is 20.3 Å². The minimum atomic E-state index is -0.390. The summed E-state index contributed by atoms with van der Waals surface area (Å²) >= 11 is 0. The van der Waals surface area contributed by atoms with Gasteiger partial charge >= 0.3 is 0 Å². The van der Waals surface area contributed by atoms with Crippen LogP contribution in [0.3, 0.4) is 0 Å². The van der Waals surface area contributed by atoms with Crippen LogP contribution in [0.4, 0.5) is 10.1 Å². The quantitative estimate of drug-likeness (QED) is 0.660. The van der Waals surface area contributed by atoms with Crippen molar-refractivity contribution in [3.63, 3.8) is 0 Å². The van der Waals surface area contributed by atoms with Crippen molar-refractivity contribution in [1.82, 2.24) is 4.98 Å². The smallest absolute Gasteiger partial charge is 0.214 e. The Morgan fingerprint density at radius 3 is 2.60 bits per heavy atom. The molecule has 0 radical (unpaired) electrons. The average molecular weight is 208 g/mol. The zero-order valence-electron chi connectivity index (χ0n) is 9.28. The Morgan fingerprint density at radius 2 is 2.00 bits per heavy atom. The molecule has 1 aliphatic heterocycles. The molecule has 82 valence electrons. The summed E-state index contributed by atoms with van der Waals surface area (Å²) in [5.41, 5.74) is 0.959. The lowest BCUT2D eigenvalue weighted by Crippen LogP contribution is -2.38. The van der Waals surface area contributed by atoms with Gasteiger partial charge in [0.25, 0.3) is 0 Å². The molecule has 1 fully saturated rings. The molecule has 0 N–H and O–H groups in total. The minimum Gasteiger partial charge on any atom is -0.371 e. The Balaban J connectivity index is 2.16. The first-order valence-corrected chi connectivity index (χ1v) is 5.51. The Bertz CT molecular complexity index is 330. The van der Waals surface area contributed by atoms with Gasteiger partial charge in [-0.3, -0.25) is 0 Å². The number of aromatic nitrogens is 1. The molecule has 0 spiro atoms. The molecule has 2 heterocycles. The summed E-state index contributed by atoms with van der Waals surface area (Å²) in [7, 11) is 0. The predicted molar refractivity (Wildman–Crippen MR) is 59.4 cm³/mol. The molecular formula is C12H17FN2. The highest BCUT2D eigenvalue weighted by atomic mass is 19.1. The lowest BCUT2D eigenvalue weighted by molar-refractivity contribution is 0.356. The van der Waals surface area contributed by atoms with E-state index in [1.54, 1.807) is 0 Å². The van der Waals surface area contributed by atoms with Gasteiger partial charge in [-0.2, -0.15) is 4.39 Å². The van der Waals surface area contributed by atoms with E-state index in [2.05, 4.69) is 23.7 Å². The summed E-state index contributed by atoms with van der Waals surface area (Å²) < 4.78 is 13.0. The van der Waals surface area contributed by atoms with Crippen LogP contribution in [-0.2, 0) is 0 Å². The third-order valence-electron chi connectivity index (χ3n) is 2.94. The number of rotatable bonds is 1. The number of piperidine rings is 1. The van der Waals surface area contributed by atoms with E-state index in [9.17, 15) is 4.39 Å². The second-order valence-electron chi connectivity index (χ2n) is 4.69. The van der Waals surface area contributed by atoms with Crippen LogP contribution in [0, 0.1) is 17.8 Å². The molecule has 1 aromatic rings. The van der Waals surface area contributed by atoms with Crippen molar-refractivity contribution < 1.29 is 4.39 Å². The number of pyridine rings is 1. The van der Waals surface area contributed by atoms with Gasteiger partial charge in [0.1, 0.15) is 0 Å². The first-order valence-electron chi connectivity index (χ1n) is 5.51. The summed E-state index contributed by atoms with van der Waals surface area (Å²) in [5.74, 6) is 0.980. The lowest BCUT2D eigenvalue weighted by Gasteiger charge is -2.36. The second-order valence-corrected chi connectivity index (χ2v) is 4.69. The first-order chi connectivity index (χ1) is 7.15. The van der Waals surface area contributed by atoms with Crippen molar-refractivity contribution >= 4 is 5.69 Å². The number of hydrogen-bond donors (Lipinski definition) is 0. The molecular weight excluding hydrogens is 191 g/mol. The van der Waals surface area contributed by atoms with Crippen LogP contribution < -0.4 is 4.90 Å². The highest BCUT2D eigenvalue weighted by Crippen LogP contribution is 2.25. The summed E-state index contributed by atoms with van der Waals surface area (Å²) in [5, 5.41) is 0. The second kappa shape index (κ2) is 4.17. The van der Waals surface area contributed by atoms with Crippen LogP contribution in [0.1, 0.15) is 20.3 Å². The van der Waals surface area contributed by atoms with Crippen LogP contribution in [-0.4, -0.2) is 18.1 Å². The molecule has 15 heavy (non-hydrogen) atoms. The lowest BCUT2D eigenvalue weighted by atomic mass is 9.91. The summed E-state index contributed by atoms with van der Waals surface area (Å²) in [4.78, 5) is 5.83.